The van der Waals surface area contributed by atoms with Crippen LogP contribution in [0, 0.1) is 5.82 Å². The average molecular weight is 387 g/mol. The number of benzene rings is 2. The summed E-state index contributed by atoms with van der Waals surface area (Å²) >= 11 is 9.02. The summed E-state index contributed by atoms with van der Waals surface area (Å²) in [7, 11) is 1.70. The lowest BCUT2D eigenvalue weighted by atomic mass is 10.2. The Balaban J connectivity index is 1.88. The van der Waals surface area contributed by atoms with Gasteiger partial charge in [0, 0.05) is 24.1 Å². The first-order valence-corrected chi connectivity index (χ1v) is 7.69. The van der Waals surface area contributed by atoms with Crippen molar-refractivity contribution < 1.29 is 13.9 Å². The molecule has 0 heterocycles. The van der Waals surface area contributed by atoms with Crippen molar-refractivity contribution in [2.24, 2.45) is 0 Å². The second kappa shape index (κ2) is 7.61. The SMILES string of the molecule is CN(Cc1ccc(Br)cc1)C(=O)COc1ccc(F)c(Cl)c1. The van der Waals surface area contributed by atoms with Crippen molar-refractivity contribution in [2.45, 2.75) is 6.54 Å². The van der Waals surface area contributed by atoms with Crippen molar-refractivity contribution >= 4 is 33.4 Å². The number of halogens is 3. The molecule has 116 valence electrons. The zero-order valence-corrected chi connectivity index (χ0v) is 14.2. The van der Waals surface area contributed by atoms with Crippen molar-refractivity contribution in [3.63, 3.8) is 0 Å². The molecule has 0 saturated carbocycles. The summed E-state index contributed by atoms with van der Waals surface area (Å²) in [6.07, 6.45) is 0. The predicted octanol–water partition coefficient (Wildman–Crippen LogP) is 4.28. The standard InChI is InChI=1S/C16H14BrClFNO2/c1-20(9-11-2-4-12(17)5-3-11)16(21)10-22-13-6-7-15(19)14(18)8-13/h2-8H,9-10H2,1H3. The Morgan fingerprint density at radius 3 is 2.59 bits per heavy atom. The predicted molar refractivity (Wildman–Crippen MR) is 87.5 cm³/mol. The zero-order chi connectivity index (χ0) is 16.1. The van der Waals surface area contributed by atoms with Crippen LogP contribution < -0.4 is 4.74 Å². The lowest BCUT2D eigenvalue weighted by Crippen LogP contribution is -2.30. The first kappa shape index (κ1) is 16.8. The van der Waals surface area contributed by atoms with E-state index in [1.807, 2.05) is 24.3 Å². The number of hydrogen-bond acceptors (Lipinski definition) is 2. The van der Waals surface area contributed by atoms with Gasteiger partial charge in [-0.05, 0) is 29.8 Å². The number of hydrogen-bond donors (Lipinski definition) is 0. The van der Waals surface area contributed by atoms with E-state index < -0.39 is 5.82 Å². The number of ether oxygens (including phenoxy) is 1. The minimum absolute atomic E-state index is 0.0341. The Kier molecular flexibility index (Phi) is 5.80. The summed E-state index contributed by atoms with van der Waals surface area (Å²) in [5.74, 6) is -0.340. The highest BCUT2D eigenvalue weighted by molar-refractivity contribution is 9.10. The molecule has 0 aromatic heterocycles. The molecule has 0 spiro atoms. The molecule has 0 radical (unpaired) electrons. The van der Waals surface area contributed by atoms with E-state index in [9.17, 15) is 9.18 Å². The van der Waals surface area contributed by atoms with Gasteiger partial charge in [0.15, 0.2) is 6.61 Å². The van der Waals surface area contributed by atoms with Gasteiger partial charge in [-0.15, -0.1) is 0 Å². The van der Waals surface area contributed by atoms with Crippen LogP contribution in [0.2, 0.25) is 5.02 Å². The minimum atomic E-state index is -0.521. The third-order valence-corrected chi connectivity index (χ3v) is 3.83. The van der Waals surface area contributed by atoms with Crippen molar-refractivity contribution in [1.29, 1.82) is 0 Å². The number of carbonyl (C=O) groups excluding carboxylic acids is 1. The second-order valence-electron chi connectivity index (χ2n) is 4.74. The number of nitrogens with zero attached hydrogens (tertiary/aromatic N) is 1. The summed E-state index contributed by atoms with van der Waals surface area (Å²) in [5.41, 5.74) is 1.02. The normalized spacial score (nSPS) is 10.4. The highest BCUT2D eigenvalue weighted by atomic mass is 79.9. The summed E-state index contributed by atoms with van der Waals surface area (Å²) in [5, 5.41) is -0.0341. The van der Waals surface area contributed by atoms with E-state index in [0.717, 1.165) is 10.0 Å². The molecule has 0 N–H and O–H groups in total. The fourth-order valence-corrected chi connectivity index (χ4v) is 2.21. The Bertz CT molecular complexity index is 664. The highest BCUT2D eigenvalue weighted by Crippen LogP contribution is 2.21. The third-order valence-electron chi connectivity index (χ3n) is 3.01. The molecule has 22 heavy (non-hydrogen) atoms. The van der Waals surface area contributed by atoms with Gasteiger partial charge < -0.3 is 9.64 Å². The minimum Gasteiger partial charge on any atom is -0.484 e. The molecule has 0 fully saturated rings. The van der Waals surface area contributed by atoms with Gasteiger partial charge in [-0.3, -0.25) is 4.79 Å². The zero-order valence-electron chi connectivity index (χ0n) is 11.9. The molecule has 6 heteroatoms. The lowest BCUT2D eigenvalue weighted by molar-refractivity contribution is -0.132. The maximum atomic E-state index is 13.0. The molecule has 1 amide bonds. The number of carbonyl (C=O) groups is 1. The Hall–Kier alpha value is -1.59. The quantitative estimate of drug-likeness (QED) is 0.767. The third kappa shape index (κ3) is 4.71. The van der Waals surface area contributed by atoms with Crippen LogP contribution in [-0.2, 0) is 11.3 Å². The molecule has 2 rings (SSSR count). The summed E-state index contributed by atoms with van der Waals surface area (Å²) in [6.45, 7) is 0.356. The Morgan fingerprint density at radius 2 is 1.95 bits per heavy atom. The molecule has 0 saturated heterocycles. The second-order valence-corrected chi connectivity index (χ2v) is 6.06. The number of likely N-dealkylation sites (N-methyl/N-ethyl adjacent to an activating group) is 1. The molecule has 0 aliphatic heterocycles. The topological polar surface area (TPSA) is 29.5 Å². The Morgan fingerprint density at radius 1 is 1.27 bits per heavy atom. The van der Waals surface area contributed by atoms with Crippen LogP contribution in [0.25, 0.3) is 0 Å². The molecule has 0 aliphatic rings. The summed E-state index contributed by atoms with van der Waals surface area (Å²) < 4.78 is 19.3. The van der Waals surface area contributed by atoms with Crippen molar-refractivity contribution in [2.75, 3.05) is 13.7 Å². The molecule has 2 aromatic rings. The van der Waals surface area contributed by atoms with Crippen LogP contribution in [0.4, 0.5) is 4.39 Å². The van der Waals surface area contributed by atoms with E-state index >= 15 is 0 Å². The van der Waals surface area contributed by atoms with Gasteiger partial charge in [0.1, 0.15) is 11.6 Å². The summed E-state index contributed by atoms with van der Waals surface area (Å²) in [6, 6.07) is 11.7. The van der Waals surface area contributed by atoms with E-state index in [2.05, 4.69) is 15.9 Å². The molecule has 3 nitrogen and oxygen atoms in total. The van der Waals surface area contributed by atoms with Crippen molar-refractivity contribution in [3.8, 4) is 5.75 Å². The van der Waals surface area contributed by atoms with Gasteiger partial charge in [-0.1, -0.05) is 39.7 Å². The van der Waals surface area contributed by atoms with Crippen molar-refractivity contribution in [1.82, 2.24) is 4.90 Å². The van der Waals surface area contributed by atoms with Crippen LogP contribution in [0.15, 0.2) is 46.9 Å². The van der Waals surface area contributed by atoms with Crippen LogP contribution >= 0.6 is 27.5 Å². The fourth-order valence-electron chi connectivity index (χ4n) is 1.77. The monoisotopic (exact) mass is 385 g/mol. The van der Waals surface area contributed by atoms with E-state index in [1.54, 1.807) is 11.9 Å². The fraction of sp³-hybridized carbons (Fsp3) is 0.188. The van der Waals surface area contributed by atoms with Crippen LogP contribution in [-0.4, -0.2) is 24.5 Å². The molecule has 0 atom stereocenters. The summed E-state index contributed by atoms with van der Waals surface area (Å²) in [4.78, 5) is 13.6. The van der Waals surface area contributed by atoms with Gasteiger partial charge in [0.05, 0.1) is 5.02 Å². The maximum Gasteiger partial charge on any atom is 0.260 e. The van der Waals surface area contributed by atoms with Crippen LogP contribution in [0.1, 0.15) is 5.56 Å². The van der Waals surface area contributed by atoms with Gasteiger partial charge in [0.2, 0.25) is 0 Å². The van der Waals surface area contributed by atoms with Gasteiger partial charge in [-0.25, -0.2) is 4.39 Å². The molecule has 0 unspecified atom stereocenters. The van der Waals surface area contributed by atoms with E-state index in [1.165, 1.54) is 18.2 Å². The molecular weight excluding hydrogens is 373 g/mol. The van der Waals surface area contributed by atoms with E-state index in [0.29, 0.717) is 12.3 Å². The lowest BCUT2D eigenvalue weighted by Gasteiger charge is -2.17. The van der Waals surface area contributed by atoms with E-state index in [4.69, 9.17) is 16.3 Å². The maximum absolute atomic E-state index is 13.0. The highest BCUT2D eigenvalue weighted by Gasteiger charge is 2.11. The first-order valence-electron chi connectivity index (χ1n) is 6.52. The average Bonchev–Trinajstić information content (AvgIpc) is 2.50. The molecular formula is C16H14BrClFNO2. The largest absolute Gasteiger partial charge is 0.484 e. The smallest absolute Gasteiger partial charge is 0.260 e. The van der Waals surface area contributed by atoms with Crippen LogP contribution in [0.5, 0.6) is 5.75 Å². The molecule has 0 bridgehead atoms. The van der Waals surface area contributed by atoms with Crippen LogP contribution in [0.3, 0.4) is 0 Å². The van der Waals surface area contributed by atoms with Gasteiger partial charge >= 0.3 is 0 Å². The molecule has 2 aromatic carbocycles. The van der Waals surface area contributed by atoms with E-state index in [-0.39, 0.29) is 17.5 Å². The molecule has 0 aliphatic carbocycles. The van der Waals surface area contributed by atoms with Gasteiger partial charge in [0.25, 0.3) is 5.91 Å². The van der Waals surface area contributed by atoms with Crippen molar-refractivity contribution in [3.05, 3.63) is 63.3 Å². The number of amides is 1. The van der Waals surface area contributed by atoms with Gasteiger partial charge in [-0.2, -0.15) is 0 Å². The Labute approximate surface area is 141 Å². The number of rotatable bonds is 5. The first-order chi connectivity index (χ1) is 10.5.